The summed E-state index contributed by atoms with van der Waals surface area (Å²) in [5, 5.41) is 2.52. The topological polar surface area (TPSA) is 64.6 Å². The van der Waals surface area contributed by atoms with Gasteiger partial charge in [-0.05, 0) is 36.8 Å². The van der Waals surface area contributed by atoms with Gasteiger partial charge in [0.05, 0.1) is 5.69 Å². The van der Waals surface area contributed by atoms with Crippen LogP contribution >= 0.6 is 11.6 Å². The molecule has 0 heterocycles. The maximum absolute atomic E-state index is 13.6. The van der Waals surface area contributed by atoms with Crippen LogP contribution in [0.25, 0.3) is 0 Å². The Balaban J connectivity index is 1.86. The molecule has 0 unspecified atom stereocenters. The van der Waals surface area contributed by atoms with Crippen molar-refractivity contribution in [1.29, 1.82) is 0 Å². The van der Waals surface area contributed by atoms with Gasteiger partial charge in [-0.25, -0.2) is 9.18 Å². The molecule has 2 aromatic rings. The van der Waals surface area contributed by atoms with Crippen molar-refractivity contribution in [1.82, 2.24) is 0 Å². The van der Waals surface area contributed by atoms with Crippen LogP contribution in [-0.2, 0) is 14.3 Å². The third-order valence-corrected chi connectivity index (χ3v) is 3.44. The van der Waals surface area contributed by atoms with Crippen molar-refractivity contribution in [3.8, 4) is 5.75 Å². The molecule has 0 aliphatic rings. The number of esters is 1. The van der Waals surface area contributed by atoms with E-state index in [2.05, 4.69) is 5.32 Å². The van der Waals surface area contributed by atoms with Gasteiger partial charge < -0.3 is 14.8 Å². The quantitative estimate of drug-likeness (QED) is 0.757. The molecule has 0 aliphatic heterocycles. The first kappa shape index (κ1) is 18.7. The van der Waals surface area contributed by atoms with Crippen molar-refractivity contribution >= 4 is 29.2 Å². The zero-order chi connectivity index (χ0) is 18.2. The second kappa shape index (κ2) is 9.03. The van der Waals surface area contributed by atoms with Crippen LogP contribution in [0, 0.1) is 5.82 Å². The van der Waals surface area contributed by atoms with Crippen LogP contribution in [0.3, 0.4) is 0 Å². The third kappa shape index (κ3) is 5.76. The average molecular weight is 366 g/mol. The van der Waals surface area contributed by atoms with Crippen molar-refractivity contribution in [2.75, 3.05) is 11.9 Å². The minimum absolute atomic E-state index is 0.0435. The Hall–Kier alpha value is -2.60. The zero-order valence-electron chi connectivity index (χ0n) is 13.5. The van der Waals surface area contributed by atoms with E-state index in [1.54, 1.807) is 31.2 Å². The number of ether oxygens (including phenoxy) is 2. The molecule has 7 heteroatoms. The highest BCUT2D eigenvalue weighted by atomic mass is 35.5. The first-order valence-corrected chi connectivity index (χ1v) is 8.00. The number of hydrogen-bond acceptors (Lipinski definition) is 4. The van der Waals surface area contributed by atoms with E-state index in [1.807, 2.05) is 6.07 Å². The Morgan fingerprint density at radius 3 is 2.56 bits per heavy atom. The fourth-order valence-corrected chi connectivity index (χ4v) is 2.13. The van der Waals surface area contributed by atoms with E-state index in [0.717, 1.165) is 6.07 Å². The average Bonchev–Trinajstić information content (AvgIpc) is 2.61. The van der Waals surface area contributed by atoms with Gasteiger partial charge >= 0.3 is 5.97 Å². The lowest BCUT2D eigenvalue weighted by molar-refractivity contribution is -0.154. The fourth-order valence-electron chi connectivity index (χ4n) is 1.97. The number of rotatable bonds is 7. The summed E-state index contributed by atoms with van der Waals surface area (Å²) in [7, 11) is 0. The van der Waals surface area contributed by atoms with E-state index in [9.17, 15) is 14.0 Å². The standard InChI is InChI=1S/C18H17ClFNO4/c1-2-16(25-13-6-4-3-5-7-13)18(23)24-11-17(22)21-15-9-8-12(19)10-14(15)20/h3-10,16H,2,11H2,1H3,(H,21,22)/t16-/m0/s1. The zero-order valence-corrected chi connectivity index (χ0v) is 14.3. The molecule has 1 N–H and O–H groups in total. The summed E-state index contributed by atoms with van der Waals surface area (Å²) in [6.45, 7) is 1.22. The first-order valence-electron chi connectivity index (χ1n) is 7.63. The fraction of sp³-hybridized carbons (Fsp3) is 0.222. The largest absolute Gasteiger partial charge is 0.479 e. The maximum atomic E-state index is 13.6. The molecule has 0 bridgehead atoms. The summed E-state index contributed by atoms with van der Waals surface area (Å²) in [5.41, 5.74) is -0.0435. The summed E-state index contributed by atoms with van der Waals surface area (Å²) in [4.78, 5) is 23.8. The van der Waals surface area contributed by atoms with E-state index in [-0.39, 0.29) is 10.7 Å². The monoisotopic (exact) mass is 365 g/mol. The molecule has 0 saturated heterocycles. The van der Waals surface area contributed by atoms with Gasteiger partial charge in [-0.15, -0.1) is 0 Å². The highest BCUT2D eigenvalue weighted by Crippen LogP contribution is 2.19. The first-order chi connectivity index (χ1) is 12.0. The lowest BCUT2D eigenvalue weighted by Gasteiger charge is -2.16. The number of nitrogens with one attached hydrogen (secondary N) is 1. The summed E-state index contributed by atoms with van der Waals surface area (Å²) in [5.74, 6) is -1.48. The van der Waals surface area contributed by atoms with E-state index >= 15 is 0 Å². The van der Waals surface area contributed by atoms with Crippen LogP contribution in [0.1, 0.15) is 13.3 Å². The predicted octanol–water partition coefficient (Wildman–Crippen LogP) is 3.82. The Morgan fingerprint density at radius 1 is 1.20 bits per heavy atom. The van der Waals surface area contributed by atoms with E-state index in [0.29, 0.717) is 12.2 Å². The lowest BCUT2D eigenvalue weighted by atomic mass is 10.2. The number of benzene rings is 2. The Labute approximate surface area is 149 Å². The van der Waals surface area contributed by atoms with Crippen LogP contribution in [-0.4, -0.2) is 24.6 Å². The second-order valence-corrected chi connectivity index (χ2v) is 5.54. The molecule has 2 aromatic carbocycles. The highest BCUT2D eigenvalue weighted by Gasteiger charge is 2.21. The van der Waals surface area contributed by atoms with Crippen molar-refractivity contribution in [2.45, 2.75) is 19.4 Å². The Bertz CT molecular complexity index is 739. The van der Waals surface area contributed by atoms with Gasteiger partial charge in [0.15, 0.2) is 12.7 Å². The Kier molecular flexibility index (Phi) is 6.77. The molecule has 0 spiro atoms. The predicted molar refractivity (Wildman–Crippen MR) is 92.1 cm³/mol. The number of carbonyl (C=O) groups excluding carboxylic acids is 2. The van der Waals surface area contributed by atoms with Crippen LogP contribution in [0.2, 0.25) is 5.02 Å². The van der Waals surface area contributed by atoms with Gasteiger partial charge in [0, 0.05) is 5.02 Å². The highest BCUT2D eigenvalue weighted by molar-refractivity contribution is 6.30. The van der Waals surface area contributed by atoms with Gasteiger partial charge in [0.2, 0.25) is 0 Å². The lowest BCUT2D eigenvalue weighted by Crippen LogP contribution is -2.31. The third-order valence-electron chi connectivity index (χ3n) is 3.21. The minimum Gasteiger partial charge on any atom is -0.479 e. The molecule has 25 heavy (non-hydrogen) atoms. The molecule has 0 radical (unpaired) electrons. The number of hydrogen-bond donors (Lipinski definition) is 1. The van der Waals surface area contributed by atoms with Crippen molar-refractivity contribution in [2.24, 2.45) is 0 Å². The maximum Gasteiger partial charge on any atom is 0.347 e. The van der Waals surface area contributed by atoms with Crippen molar-refractivity contribution < 1.29 is 23.5 Å². The summed E-state index contributed by atoms with van der Waals surface area (Å²) < 4.78 is 24.1. The molecule has 5 nitrogen and oxygen atoms in total. The van der Waals surface area contributed by atoms with Gasteiger partial charge in [-0.2, -0.15) is 0 Å². The van der Waals surface area contributed by atoms with Gasteiger partial charge in [0.25, 0.3) is 5.91 Å². The van der Waals surface area contributed by atoms with Crippen LogP contribution in [0.5, 0.6) is 5.75 Å². The number of halogens is 2. The van der Waals surface area contributed by atoms with Crippen LogP contribution in [0.15, 0.2) is 48.5 Å². The molecular formula is C18H17ClFNO4. The molecule has 2 rings (SSSR count). The van der Waals surface area contributed by atoms with Gasteiger partial charge in [-0.3, -0.25) is 4.79 Å². The van der Waals surface area contributed by atoms with Gasteiger partial charge in [0.1, 0.15) is 11.6 Å². The number of carbonyl (C=O) groups is 2. The number of anilines is 1. The molecule has 0 fully saturated rings. The minimum atomic E-state index is -0.831. The molecule has 132 valence electrons. The van der Waals surface area contributed by atoms with E-state index in [4.69, 9.17) is 21.1 Å². The van der Waals surface area contributed by atoms with Crippen molar-refractivity contribution in [3.63, 3.8) is 0 Å². The molecule has 1 amide bonds. The SMILES string of the molecule is CC[C@H](Oc1ccccc1)C(=O)OCC(=O)Nc1ccc(Cl)cc1F. The summed E-state index contributed by atoms with van der Waals surface area (Å²) in [6.07, 6.45) is -0.455. The van der Waals surface area contributed by atoms with Crippen molar-refractivity contribution in [3.05, 3.63) is 59.4 Å². The van der Waals surface area contributed by atoms with Crippen LogP contribution in [0.4, 0.5) is 10.1 Å². The summed E-state index contributed by atoms with van der Waals surface area (Å²) >= 11 is 5.64. The number of amides is 1. The molecular weight excluding hydrogens is 349 g/mol. The van der Waals surface area contributed by atoms with E-state index in [1.165, 1.54) is 12.1 Å². The summed E-state index contributed by atoms with van der Waals surface area (Å²) in [6, 6.07) is 12.6. The molecule has 0 saturated carbocycles. The normalized spacial score (nSPS) is 11.5. The number of para-hydroxylation sites is 1. The van der Waals surface area contributed by atoms with Gasteiger partial charge in [-0.1, -0.05) is 36.7 Å². The molecule has 1 atom stereocenters. The molecule has 0 aromatic heterocycles. The smallest absolute Gasteiger partial charge is 0.347 e. The molecule has 0 aliphatic carbocycles. The second-order valence-electron chi connectivity index (χ2n) is 5.11. The van der Waals surface area contributed by atoms with Crippen LogP contribution < -0.4 is 10.1 Å². The Morgan fingerprint density at radius 2 is 1.92 bits per heavy atom. The van der Waals surface area contributed by atoms with E-state index < -0.39 is 30.4 Å².